The molecule has 4 bridgehead atoms. The number of aryl methyl sites for hydroxylation is 4. The van der Waals surface area contributed by atoms with E-state index in [1.165, 1.54) is 58.7 Å². The maximum atomic E-state index is 13.8. The van der Waals surface area contributed by atoms with Crippen LogP contribution in [-0.2, 0) is 44.7 Å². The van der Waals surface area contributed by atoms with Gasteiger partial charge in [-0.1, -0.05) is 84.9 Å². The standard InChI is InChI=1S/C56H64N8O6S2/c1-69-55(67)61-45(25-29-71-3)53(65)63-27-5-7-49(63)51-57-33-47(59-51)41-21-17-39(18-22-41)43-31-35-9-13-37(43)15-11-36-10-14-38(16-12-35)44(32-36)40-19-23-42(24-20-40)48-34-58-52(60-48)50-8-6-28-64(50)54(66)46(26-30-72-4)62-56(68)70-2/h9-10,13-14,17-24,31-34,45-46,49-50H,5-8,11-12,15-16,25-30H2,1-4H3,(H,57,59)(H,58,60)(H,61,67)(H,62,68)/t45-,46-,49-,50-/m0/s1. The number of carbonyl (C=O) groups is 4. The molecule has 0 unspecified atom stereocenters. The lowest BCUT2D eigenvalue weighted by molar-refractivity contribution is -0.135. The normalized spacial score (nSPS) is 17.3. The fraction of sp³-hybridized carbons (Fsp3) is 0.393. The van der Waals surface area contributed by atoms with E-state index in [-0.39, 0.29) is 23.9 Å². The van der Waals surface area contributed by atoms with Gasteiger partial charge in [0.05, 0.1) is 37.7 Å². The molecule has 12 rings (SSSR count). The Bertz CT molecular complexity index is 2670. The first-order valence-corrected chi connectivity index (χ1v) is 27.8. The van der Waals surface area contributed by atoms with E-state index in [1.807, 2.05) is 34.7 Å². The Morgan fingerprint density at radius 2 is 1.00 bits per heavy atom. The van der Waals surface area contributed by atoms with Crippen LogP contribution in [0.2, 0.25) is 0 Å². The lowest BCUT2D eigenvalue weighted by atomic mass is 9.87. The van der Waals surface area contributed by atoms with Crippen molar-refractivity contribution in [3.05, 3.63) is 131 Å². The number of rotatable bonds is 16. The number of amides is 4. The second kappa shape index (κ2) is 23.4. The van der Waals surface area contributed by atoms with Crippen molar-refractivity contribution >= 4 is 47.5 Å². The van der Waals surface area contributed by atoms with E-state index in [4.69, 9.17) is 19.4 Å². The van der Waals surface area contributed by atoms with Crippen LogP contribution >= 0.6 is 23.5 Å². The first-order valence-electron chi connectivity index (χ1n) is 25.0. The van der Waals surface area contributed by atoms with Crippen LogP contribution in [-0.4, -0.2) is 117 Å². The van der Waals surface area contributed by atoms with Gasteiger partial charge in [-0.3, -0.25) is 9.59 Å². The van der Waals surface area contributed by atoms with Gasteiger partial charge in [0.15, 0.2) is 0 Å². The van der Waals surface area contributed by atoms with Crippen LogP contribution in [0.3, 0.4) is 0 Å². The number of nitrogens with zero attached hydrogens (tertiary/aromatic N) is 4. The molecule has 4 aromatic carbocycles. The van der Waals surface area contributed by atoms with Crippen LogP contribution in [0.1, 0.15) is 84.5 Å². The van der Waals surface area contributed by atoms with Crippen LogP contribution in [0.4, 0.5) is 9.59 Å². The number of hydrogen-bond acceptors (Lipinski definition) is 10. The number of aromatic nitrogens is 4. The zero-order chi connectivity index (χ0) is 50.1. The smallest absolute Gasteiger partial charge is 0.407 e. The van der Waals surface area contributed by atoms with E-state index in [0.717, 1.165) is 97.0 Å². The van der Waals surface area contributed by atoms with Crippen molar-refractivity contribution < 1.29 is 28.7 Å². The summed E-state index contributed by atoms with van der Waals surface area (Å²) in [5.41, 5.74) is 13.7. The number of ether oxygens (including phenoxy) is 2. The predicted octanol–water partition coefficient (Wildman–Crippen LogP) is 9.97. The molecular formula is C56H64N8O6S2. The highest BCUT2D eigenvalue weighted by Crippen LogP contribution is 2.37. The Morgan fingerprint density at radius 1 is 0.597 bits per heavy atom. The third-order valence-electron chi connectivity index (χ3n) is 14.4. The second-order valence-electron chi connectivity index (χ2n) is 18.8. The molecule has 2 saturated heterocycles. The molecule has 14 nitrogen and oxygen atoms in total. The zero-order valence-electron chi connectivity index (χ0n) is 41.5. The van der Waals surface area contributed by atoms with Crippen molar-refractivity contribution in [2.45, 2.75) is 88.4 Å². The van der Waals surface area contributed by atoms with Crippen LogP contribution in [0, 0.1) is 0 Å². The van der Waals surface area contributed by atoms with Crippen LogP contribution in [0.15, 0.2) is 97.3 Å². The Balaban J connectivity index is 0.865. The van der Waals surface area contributed by atoms with Crippen molar-refractivity contribution in [3.63, 3.8) is 0 Å². The number of hydrogen-bond donors (Lipinski definition) is 4. The lowest BCUT2D eigenvalue weighted by Gasteiger charge is -2.28. The Hall–Kier alpha value is -6.52. The van der Waals surface area contributed by atoms with Gasteiger partial charge in [-0.15, -0.1) is 0 Å². The molecule has 4 aliphatic carbocycles. The number of nitrogens with one attached hydrogen (secondary N) is 4. The van der Waals surface area contributed by atoms with E-state index >= 15 is 0 Å². The minimum Gasteiger partial charge on any atom is -0.453 e. The molecule has 0 spiro atoms. The Labute approximate surface area is 430 Å². The first-order chi connectivity index (χ1) is 35.1. The van der Waals surface area contributed by atoms with E-state index in [0.29, 0.717) is 25.9 Å². The molecule has 4 N–H and O–H groups in total. The van der Waals surface area contributed by atoms with Crippen molar-refractivity contribution in [1.82, 2.24) is 40.4 Å². The SMILES string of the molecule is COC(=O)N[C@@H](CCSC)C(=O)N1CCC[C@H]1c1nc(-c2ccc(-c3cc4ccc3CCc3ccc(c(-c5ccc(-c6c[nH]c([C@@H]7CCCN7C(=O)[C@H](CCSC)NC(=O)OC)n6)cc5)c3)CC4)cc2)c[nH]1. The van der Waals surface area contributed by atoms with Crippen molar-refractivity contribution in [1.29, 1.82) is 0 Å². The van der Waals surface area contributed by atoms with Gasteiger partial charge < -0.3 is 39.9 Å². The second-order valence-corrected chi connectivity index (χ2v) is 20.8. The number of imidazole rings is 2. The summed E-state index contributed by atoms with van der Waals surface area (Å²) in [4.78, 5) is 72.2. The summed E-state index contributed by atoms with van der Waals surface area (Å²) in [6.07, 6.45) is 14.6. The number of H-pyrrole nitrogens is 2. The summed E-state index contributed by atoms with van der Waals surface area (Å²) in [5.74, 6) is 2.76. The molecule has 4 atom stereocenters. The minimum absolute atomic E-state index is 0.109. The molecule has 6 aromatic rings. The zero-order valence-corrected chi connectivity index (χ0v) is 43.1. The van der Waals surface area contributed by atoms with E-state index in [9.17, 15) is 19.2 Å². The molecule has 0 saturated carbocycles. The van der Waals surface area contributed by atoms with Gasteiger partial charge in [0.2, 0.25) is 11.8 Å². The quantitative estimate of drug-likeness (QED) is 0.0731. The molecule has 16 heteroatoms. The molecule has 4 amide bonds. The van der Waals surface area contributed by atoms with Crippen LogP contribution < -0.4 is 10.6 Å². The summed E-state index contributed by atoms with van der Waals surface area (Å²) in [5, 5.41) is 5.50. The molecule has 2 aliphatic heterocycles. The number of carbonyl (C=O) groups excluding carboxylic acids is 4. The first kappa shape index (κ1) is 50.4. The highest BCUT2D eigenvalue weighted by molar-refractivity contribution is 7.98. The average molecular weight is 1010 g/mol. The van der Waals surface area contributed by atoms with Gasteiger partial charge in [0, 0.05) is 36.6 Å². The third-order valence-corrected chi connectivity index (χ3v) is 15.7. The van der Waals surface area contributed by atoms with Crippen molar-refractivity contribution in [2.24, 2.45) is 0 Å². The highest BCUT2D eigenvalue weighted by atomic mass is 32.2. The Morgan fingerprint density at radius 3 is 1.39 bits per heavy atom. The molecule has 376 valence electrons. The van der Waals surface area contributed by atoms with Gasteiger partial charge in [-0.2, -0.15) is 23.5 Å². The fourth-order valence-corrected chi connectivity index (χ4v) is 11.4. The monoisotopic (exact) mass is 1010 g/mol. The minimum atomic E-state index is -0.655. The Kier molecular flexibility index (Phi) is 16.4. The summed E-state index contributed by atoms with van der Waals surface area (Å²) < 4.78 is 9.65. The molecule has 2 fully saturated rings. The van der Waals surface area contributed by atoms with Crippen molar-refractivity contribution in [3.8, 4) is 44.8 Å². The molecule has 0 radical (unpaired) electrons. The maximum Gasteiger partial charge on any atom is 0.407 e. The molecule has 4 heterocycles. The van der Waals surface area contributed by atoms with Gasteiger partial charge in [-0.25, -0.2) is 19.6 Å². The average Bonchev–Trinajstić information content (AvgIpc) is 4.27. The largest absolute Gasteiger partial charge is 0.453 e. The molecule has 72 heavy (non-hydrogen) atoms. The van der Waals surface area contributed by atoms with Gasteiger partial charge in [0.1, 0.15) is 23.7 Å². The van der Waals surface area contributed by atoms with Gasteiger partial charge in [-0.05, 0) is 133 Å². The predicted molar refractivity (Wildman–Crippen MR) is 286 cm³/mol. The van der Waals surface area contributed by atoms with Crippen LogP contribution in [0.25, 0.3) is 44.8 Å². The number of thioether (sulfide) groups is 2. The van der Waals surface area contributed by atoms with E-state index < -0.39 is 24.3 Å². The van der Waals surface area contributed by atoms with Gasteiger partial charge in [0.25, 0.3) is 0 Å². The van der Waals surface area contributed by atoms with Crippen molar-refractivity contribution in [2.75, 3.05) is 51.3 Å². The molecular weight excluding hydrogens is 945 g/mol. The number of likely N-dealkylation sites (tertiary alicyclic amines) is 2. The highest BCUT2D eigenvalue weighted by Gasteiger charge is 2.38. The van der Waals surface area contributed by atoms with Crippen LogP contribution in [0.5, 0.6) is 0 Å². The number of benzene rings is 4. The topological polar surface area (TPSA) is 175 Å². The molecule has 2 aromatic heterocycles. The van der Waals surface area contributed by atoms with Gasteiger partial charge >= 0.3 is 12.2 Å². The van der Waals surface area contributed by atoms with E-state index in [1.54, 1.807) is 23.5 Å². The summed E-state index contributed by atoms with van der Waals surface area (Å²) >= 11 is 3.27. The maximum absolute atomic E-state index is 13.8. The summed E-state index contributed by atoms with van der Waals surface area (Å²) in [6.45, 7) is 1.22. The number of alkyl carbamates (subject to hydrolysis) is 2. The number of aromatic amines is 2. The third kappa shape index (κ3) is 11.4. The summed E-state index contributed by atoms with van der Waals surface area (Å²) in [7, 11) is 2.62. The summed E-state index contributed by atoms with van der Waals surface area (Å²) in [6, 6.07) is 29.5. The van der Waals surface area contributed by atoms with E-state index in [2.05, 4.69) is 106 Å². The fourth-order valence-electron chi connectivity index (χ4n) is 10.5. The lowest BCUT2D eigenvalue weighted by Crippen LogP contribution is -2.48. The molecule has 6 aliphatic rings. The number of methoxy groups -OCH3 is 2.